The molecule has 2 heterocycles. The average Bonchev–Trinajstić information content (AvgIpc) is 3.03. The highest BCUT2D eigenvalue weighted by Gasteiger charge is 2.36. The van der Waals surface area contributed by atoms with Crippen molar-refractivity contribution in [2.24, 2.45) is 0 Å². The van der Waals surface area contributed by atoms with Crippen molar-refractivity contribution in [3.05, 3.63) is 59.4 Å². The van der Waals surface area contributed by atoms with E-state index in [1.807, 2.05) is 0 Å². The number of carbonyl (C=O) groups excluding carboxylic acids is 1. The van der Waals surface area contributed by atoms with Gasteiger partial charge in [-0.15, -0.1) is 0 Å². The number of hydrogen-bond acceptors (Lipinski definition) is 4. The monoisotopic (exact) mass is 343 g/mol. The number of β-amino-alcohol motifs (C(OH)–C–C–N with tert-alkyl or cyclic N) is 1. The Bertz CT molecular complexity index is 793. The number of fused-ring (bicyclic) bond motifs is 1. The molecule has 5 nitrogen and oxygen atoms in total. The van der Waals surface area contributed by atoms with E-state index in [0.29, 0.717) is 36.7 Å². The van der Waals surface area contributed by atoms with Crippen LogP contribution >= 0.6 is 0 Å². The number of likely N-dealkylation sites (tertiary alicyclic amines) is 1. The zero-order chi connectivity index (χ0) is 17.4. The van der Waals surface area contributed by atoms with Gasteiger partial charge in [-0.2, -0.15) is 0 Å². The zero-order valence-corrected chi connectivity index (χ0v) is 13.5. The molecule has 25 heavy (non-hydrogen) atoms. The van der Waals surface area contributed by atoms with E-state index in [0.717, 1.165) is 5.56 Å². The first-order valence-electron chi connectivity index (χ1n) is 8.26. The fourth-order valence-electron chi connectivity index (χ4n) is 3.38. The molecule has 0 spiro atoms. The van der Waals surface area contributed by atoms with Crippen LogP contribution in [-0.4, -0.2) is 41.8 Å². The van der Waals surface area contributed by atoms with Gasteiger partial charge in [-0.25, -0.2) is 4.39 Å². The van der Waals surface area contributed by atoms with E-state index in [4.69, 9.17) is 9.47 Å². The summed E-state index contributed by atoms with van der Waals surface area (Å²) in [5, 5.41) is 10.1. The zero-order valence-electron chi connectivity index (χ0n) is 13.5. The molecule has 2 aromatic carbocycles. The number of benzene rings is 2. The van der Waals surface area contributed by atoms with Crippen LogP contribution in [0.2, 0.25) is 0 Å². The van der Waals surface area contributed by atoms with Gasteiger partial charge >= 0.3 is 0 Å². The summed E-state index contributed by atoms with van der Waals surface area (Å²) >= 11 is 0. The summed E-state index contributed by atoms with van der Waals surface area (Å²) in [4.78, 5) is 14.6. The Morgan fingerprint density at radius 1 is 1.08 bits per heavy atom. The van der Waals surface area contributed by atoms with Crippen LogP contribution in [0.1, 0.15) is 28.4 Å². The SMILES string of the molecule is O=C(c1ccc2c(c1)OCCO2)N1C[C@H](O)C[C@@H]1c1ccc(F)cc1. The number of rotatable bonds is 2. The molecule has 6 heteroatoms. The van der Waals surface area contributed by atoms with Crippen molar-refractivity contribution in [1.29, 1.82) is 0 Å². The molecule has 1 fully saturated rings. The van der Waals surface area contributed by atoms with Gasteiger partial charge in [0.2, 0.25) is 0 Å². The molecule has 0 aliphatic carbocycles. The second kappa shape index (κ2) is 6.37. The van der Waals surface area contributed by atoms with Crippen LogP contribution in [0.25, 0.3) is 0 Å². The van der Waals surface area contributed by atoms with Gasteiger partial charge in [0, 0.05) is 12.1 Å². The molecule has 1 saturated heterocycles. The molecule has 0 unspecified atom stereocenters. The highest BCUT2D eigenvalue weighted by molar-refractivity contribution is 5.95. The fourth-order valence-corrected chi connectivity index (χ4v) is 3.38. The predicted molar refractivity (Wildman–Crippen MR) is 88.2 cm³/mol. The van der Waals surface area contributed by atoms with Crippen LogP contribution in [-0.2, 0) is 0 Å². The van der Waals surface area contributed by atoms with Crippen LogP contribution in [0.15, 0.2) is 42.5 Å². The quantitative estimate of drug-likeness (QED) is 0.910. The van der Waals surface area contributed by atoms with Gasteiger partial charge in [0.25, 0.3) is 5.91 Å². The first kappa shape index (κ1) is 15.9. The lowest BCUT2D eigenvalue weighted by molar-refractivity contribution is 0.0714. The van der Waals surface area contributed by atoms with Crippen molar-refractivity contribution in [3.63, 3.8) is 0 Å². The molecule has 4 rings (SSSR count). The molecule has 2 atom stereocenters. The summed E-state index contributed by atoms with van der Waals surface area (Å²) in [5.41, 5.74) is 1.29. The third-order valence-corrected chi connectivity index (χ3v) is 4.58. The summed E-state index contributed by atoms with van der Waals surface area (Å²) in [7, 11) is 0. The number of aliphatic hydroxyl groups is 1. The number of ether oxygens (including phenoxy) is 2. The Labute approximate surface area is 144 Å². The third-order valence-electron chi connectivity index (χ3n) is 4.58. The van der Waals surface area contributed by atoms with Crippen molar-refractivity contribution < 1.29 is 23.8 Å². The number of nitrogens with zero attached hydrogens (tertiary/aromatic N) is 1. The molecule has 2 aliphatic rings. The number of amides is 1. The summed E-state index contributed by atoms with van der Waals surface area (Å²) in [5.74, 6) is 0.657. The summed E-state index contributed by atoms with van der Waals surface area (Å²) in [6.07, 6.45) is -0.168. The molecule has 0 aromatic heterocycles. The van der Waals surface area contributed by atoms with E-state index in [9.17, 15) is 14.3 Å². The Balaban J connectivity index is 1.62. The highest BCUT2D eigenvalue weighted by atomic mass is 19.1. The number of aliphatic hydroxyl groups excluding tert-OH is 1. The molecule has 0 radical (unpaired) electrons. The number of halogens is 1. The minimum absolute atomic E-state index is 0.192. The van der Waals surface area contributed by atoms with E-state index in [2.05, 4.69) is 0 Å². The molecule has 0 bridgehead atoms. The topological polar surface area (TPSA) is 59.0 Å². The predicted octanol–water partition coefficient (Wildman–Crippen LogP) is 2.55. The van der Waals surface area contributed by atoms with Gasteiger partial charge in [-0.3, -0.25) is 4.79 Å². The van der Waals surface area contributed by atoms with Crippen molar-refractivity contribution in [3.8, 4) is 11.5 Å². The molecule has 130 valence electrons. The van der Waals surface area contributed by atoms with Crippen LogP contribution < -0.4 is 9.47 Å². The Morgan fingerprint density at radius 3 is 2.56 bits per heavy atom. The maximum absolute atomic E-state index is 13.2. The first-order valence-corrected chi connectivity index (χ1v) is 8.26. The average molecular weight is 343 g/mol. The van der Waals surface area contributed by atoms with E-state index >= 15 is 0 Å². The fraction of sp³-hybridized carbons (Fsp3) is 0.316. The standard InChI is InChI=1S/C19H18FNO4/c20-14-4-1-12(2-5-14)16-10-15(22)11-21(16)19(23)13-3-6-17-18(9-13)25-8-7-24-17/h1-6,9,15-16,22H,7-8,10-11H2/t15-,16-/m1/s1. The van der Waals surface area contributed by atoms with E-state index < -0.39 is 6.10 Å². The number of carbonyl (C=O) groups is 1. The highest BCUT2D eigenvalue weighted by Crippen LogP contribution is 2.36. The van der Waals surface area contributed by atoms with Crippen LogP contribution in [0, 0.1) is 5.82 Å². The van der Waals surface area contributed by atoms with Gasteiger partial charge in [-0.05, 0) is 42.3 Å². The van der Waals surface area contributed by atoms with Crippen molar-refractivity contribution in [1.82, 2.24) is 4.90 Å². The summed E-state index contributed by atoms with van der Waals surface area (Å²) in [6.45, 7) is 1.19. The Morgan fingerprint density at radius 2 is 1.80 bits per heavy atom. The minimum Gasteiger partial charge on any atom is -0.486 e. The maximum Gasteiger partial charge on any atom is 0.254 e. The smallest absolute Gasteiger partial charge is 0.254 e. The van der Waals surface area contributed by atoms with Gasteiger partial charge in [-0.1, -0.05) is 12.1 Å². The van der Waals surface area contributed by atoms with Gasteiger partial charge < -0.3 is 19.5 Å². The Kier molecular flexibility index (Phi) is 4.05. The lowest BCUT2D eigenvalue weighted by Crippen LogP contribution is -2.32. The Hall–Kier alpha value is -2.60. The lowest BCUT2D eigenvalue weighted by Gasteiger charge is -2.26. The lowest BCUT2D eigenvalue weighted by atomic mass is 10.0. The first-order chi connectivity index (χ1) is 12.1. The molecule has 1 amide bonds. The van der Waals surface area contributed by atoms with Crippen LogP contribution in [0.5, 0.6) is 11.5 Å². The van der Waals surface area contributed by atoms with Gasteiger partial charge in [0.15, 0.2) is 11.5 Å². The van der Waals surface area contributed by atoms with Crippen LogP contribution in [0.4, 0.5) is 4.39 Å². The minimum atomic E-state index is -0.601. The summed E-state index contributed by atoms with van der Waals surface area (Å²) < 4.78 is 24.2. The molecule has 1 N–H and O–H groups in total. The van der Waals surface area contributed by atoms with E-state index in [1.54, 1.807) is 35.2 Å². The van der Waals surface area contributed by atoms with Crippen molar-refractivity contribution in [2.45, 2.75) is 18.6 Å². The third kappa shape index (κ3) is 3.05. The van der Waals surface area contributed by atoms with E-state index in [1.165, 1.54) is 12.1 Å². The van der Waals surface area contributed by atoms with Crippen LogP contribution in [0.3, 0.4) is 0 Å². The molecule has 0 saturated carbocycles. The second-order valence-corrected chi connectivity index (χ2v) is 6.27. The van der Waals surface area contributed by atoms with Crippen molar-refractivity contribution >= 4 is 5.91 Å². The summed E-state index contributed by atoms with van der Waals surface area (Å²) in [6, 6.07) is 10.9. The normalized spacial score (nSPS) is 22.1. The van der Waals surface area contributed by atoms with Crippen molar-refractivity contribution in [2.75, 3.05) is 19.8 Å². The molecule has 2 aromatic rings. The largest absolute Gasteiger partial charge is 0.486 e. The maximum atomic E-state index is 13.2. The molecular formula is C19H18FNO4. The van der Waals surface area contributed by atoms with E-state index in [-0.39, 0.29) is 24.3 Å². The van der Waals surface area contributed by atoms with Gasteiger partial charge in [0.05, 0.1) is 12.1 Å². The number of hydrogen-bond donors (Lipinski definition) is 1. The molecule has 2 aliphatic heterocycles. The molecular weight excluding hydrogens is 325 g/mol. The van der Waals surface area contributed by atoms with Gasteiger partial charge in [0.1, 0.15) is 19.0 Å². The second-order valence-electron chi connectivity index (χ2n) is 6.27.